The Hall–Kier alpha value is -3.52. The molecule has 0 unspecified atom stereocenters. The van der Waals surface area contributed by atoms with E-state index in [2.05, 4.69) is 15.3 Å². The fourth-order valence-electron chi connectivity index (χ4n) is 4.26. The number of benzene rings is 2. The summed E-state index contributed by atoms with van der Waals surface area (Å²) in [5.41, 5.74) is 3.08. The lowest BCUT2D eigenvalue weighted by Gasteiger charge is -2.24. The third-order valence-electron chi connectivity index (χ3n) is 5.97. The number of rotatable bonds is 6. The van der Waals surface area contributed by atoms with Crippen LogP contribution in [0.2, 0.25) is 5.02 Å². The van der Waals surface area contributed by atoms with Gasteiger partial charge in [-0.05, 0) is 57.4 Å². The Morgan fingerprint density at radius 2 is 1.91 bits per heavy atom. The van der Waals surface area contributed by atoms with E-state index in [1.54, 1.807) is 39.9 Å². The standard InChI is InChI=1S/C25H23ClFN5O2/c1-15(2)31(14-22-28-29-24(34-22)16-8-3-4-10-18(16)26)25(33)23-17-9-7-13-20(17)32(30-23)21-12-6-5-11-19(21)27/h3-6,8,10-12,15H,7,9,13-14H2,1-2H3. The van der Waals surface area contributed by atoms with Crippen molar-refractivity contribution in [3.05, 3.63) is 82.2 Å². The predicted molar refractivity (Wildman–Crippen MR) is 125 cm³/mol. The maximum absolute atomic E-state index is 14.5. The minimum absolute atomic E-state index is 0.120. The number of fused-ring (bicyclic) bond motifs is 1. The first-order valence-corrected chi connectivity index (χ1v) is 11.6. The van der Waals surface area contributed by atoms with Crippen LogP contribution in [0.3, 0.4) is 0 Å². The van der Waals surface area contributed by atoms with Gasteiger partial charge in [-0.3, -0.25) is 4.79 Å². The van der Waals surface area contributed by atoms with Gasteiger partial charge in [0.25, 0.3) is 5.91 Å². The van der Waals surface area contributed by atoms with E-state index >= 15 is 0 Å². The molecule has 1 aliphatic carbocycles. The Morgan fingerprint density at radius 1 is 1.15 bits per heavy atom. The molecule has 5 rings (SSSR count). The van der Waals surface area contributed by atoms with Gasteiger partial charge < -0.3 is 9.32 Å². The molecule has 1 amide bonds. The average molecular weight is 480 g/mol. The molecule has 0 radical (unpaired) electrons. The number of para-hydroxylation sites is 1. The number of carbonyl (C=O) groups excluding carboxylic acids is 1. The molecule has 4 aromatic rings. The van der Waals surface area contributed by atoms with E-state index < -0.39 is 0 Å². The van der Waals surface area contributed by atoms with Gasteiger partial charge in [0, 0.05) is 17.3 Å². The zero-order valence-corrected chi connectivity index (χ0v) is 19.6. The summed E-state index contributed by atoms with van der Waals surface area (Å²) in [5, 5.41) is 13.3. The number of halogens is 2. The first kappa shape index (κ1) is 22.3. The Morgan fingerprint density at radius 3 is 2.68 bits per heavy atom. The largest absolute Gasteiger partial charge is 0.419 e. The highest BCUT2D eigenvalue weighted by Crippen LogP contribution is 2.31. The lowest BCUT2D eigenvalue weighted by Crippen LogP contribution is -2.37. The van der Waals surface area contributed by atoms with Gasteiger partial charge in [0.1, 0.15) is 11.5 Å². The molecule has 174 valence electrons. The van der Waals surface area contributed by atoms with Crippen LogP contribution in [-0.4, -0.2) is 36.8 Å². The molecule has 0 atom stereocenters. The molecule has 0 aliphatic heterocycles. The second kappa shape index (κ2) is 9.02. The monoisotopic (exact) mass is 479 g/mol. The van der Waals surface area contributed by atoms with Crippen molar-refractivity contribution >= 4 is 17.5 Å². The zero-order valence-electron chi connectivity index (χ0n) is 18.8. The topological polar surface area (TPSA) is 77.1 Å². The van der Waals surface area contributed by atoms with Gasteiger partial charge in [0.15, 0.2) is 5.69 Å². The number of hydrogen-bond donors (Lipinski definition) is 0. The fourth-order valence-corrected chi connectivity index (χ4v) is 4.48. The molecule has 0 N–H and O–H groups in total. The molecular formula is C25H23ClFN5O2. The first-order valence-electron chi connectivity index (χ1n) is 11.2. The minimum atomic E-state index is -0.377. The maximum atomic E-state index is 14.5. The van der Waals surface area contributed by atoms with Gasteiger partial charge >= 0.3 is 0 Å². The van der Waals surface area contributed by atoms with Crippen molar-refractivity contribution in [2.45, 2.75) is 45.7 Å². The summed E-state index contributed by atoms with van der Waals surface area (Å²) in [5.74, 6) is -0.0401. The molecule has 0 saturated carbocycles. The molecule has 0 fully saturated rings. The lowest BCUT2D eigenvalue weighted by atomic mass is 10.1. The van der Waals surface area contributed by atoms with E-state index in [4.69, 9.17) is 16.0 Å². The molecule has 2 aromatic heterocycles. The molecule has 2 aromatic carbocycles. The highest BCUT2D eigenvalue weighted by atomic mass is 35.5. The van der Waals surface area contributed by atoms with Crippen LogP contribution in [0.4, 0.5) is 4.39 Å². The third-order valence-corrected chi connectivity index (χ3v) is 6.30. The predicted octanol–water partition coefficient (Wildman–Crippen LogP) is 5.25. The molecule has 7 nitrogen and oxygen atoms in total. The number of nitrogens with zero attached hydrogens (tertiary/aromatic N) is 5. The molecule has 9 heteroatoms. The van der Waals surface area contributed by atoms with Crippen LogP contribution < -0.4 is 0 Å². The quantitative estimate of drug-likeness (QED) is 0.377. The van der Waals surface area contributed by atoms with Crippen molar-refractivity contribution in [1.29, 1.82) is 0 Å². The molecule has 2 heterocycles. The van der Waals surface area contributed by atoms with E-state index in [9.17, 15) is 9.18 Å². The van der Waals surface area contributed by atoms with Crippen LogP contribution in [0.25, 0.3) is 17.1 Å². The van der Waals surface area contributed by atoms with Gasteiger partial charge in [0.2, 0.25) is 11.8 Å². The van der Waals surface area contributed by atoms with Crippen molar-refractivity contribution < 1.29 is 13.6 Å². The highest BCUT2D eigenvalue weighted by molar-refractivity contribution is 6.33. The van der Waals surface area contributed by atoms with Gasteiger partial charge in [-0.2, -0.15) is 5.10 Å². The second-order valence-electron chi connectivity index (χ2n) is 8.50. The summed E-state index contributed by atoms with van der Waals surface area (Å²) in [6, 6.07) is 13.5. The molecule has 0 bridgehead atoms. The Kier molecular flexibility index (Phi) is 5.91. The smallest absolute Gasteiger partial charge is 0.275 e. The summed E-state index contributed by atoms with van der Waals surface area (Å²) in [7, 11) is 0. The van der Waals surface area contributed by atoms with Gasteiger partial charge in [-0.15, -0.1) is 10.2 Å². The van der Waals surface area contributed by atoms with Crippen LogP contribution in [-0.2, 0) is 19.4 Å². The number of aromatic nitrogens is 4. The summed E-state index contributed by atoms with van der Waals surface area (Å²) in [6.07, 6.45) is 2.37. The molecule has 0 saturated heterocycles. The van der Waals surface area contributed by atoms with Crippen LogP contribution in [0, 0.1) is 5.82 Å². The van der Waals surface area contributed by atoms with Gasteiger partial charge in [-0.25, -0.2) is 9.07 Å². The van der Waals surface area contributed by atoms with Crippen LogP contribution in [0.5, 0.6) is 0 Å². The number of hydrogen-bond acceptors (Lipinski definition) is 5. The van der Waals surface area contributed by atoms with Gasteiger partial charge in [-0.1, -0.05) is 35.9 Å². The highest BCUT2D eigenvalue weighted by Gasteiger charge is 2.32. The maximum Gasteiger partial charge on any atom is 0.275 e. The van der Waals surface area contributed by atoms with Crippen molar-refractivity contribution in [2.75, 3.05) is 0 Å². The SMILES string of the molecule is CC(C)N(Cc1nnc(-c2ccccc2Cl)o1)C(=O)c1nn(-c2ccccc2F)c2c1CCC2. The van der Waals surface area contributed by atoms with E-state index in [0.717, 1.165) is 30.5 Å². The van der Waals surface area contributed by atoms with E-state index in [0.29, 0.717) is 33.7 Å². The van der Waals surface area contributed by atoms with Crippen LogP contribution in [0.15, 0.2) is 52.9 Å². The zero-order chi connectivity index (χ0) is 23.8. The summed E-state index contributed by atoms with van der Waals surface area (Å²) >= 11 is 6.24. The van der Waals surface area contributed by atoms with Crippen molar-refractivity contribution in [1.82, 2.24) is 24.9 Å². The third kappa shape index (κ3) is 3.98. The van der Waals surface area contributed by atoms with Gasteiger partial charge in [0.05, 0.1) is 17.1 Å². The van der Waals surface area contributed by atoms with E-state index in [1.165, 1.54) is 6.07 Å². The summed E-state index contributed by atoms with van der Waals surface area (Å²) in [6.45, 7) is 3.95. The van der Waals surface area contributed by atoms with E-state index in [-0.39, 0.29) is 24.3 Å². The first-order chi connectivity index (χ1) is 16.4. The molecule has 1 aliphatic rings. The number of carbonyl (C=O) groups is 1. The number of amides is 1. The Labute approximate surface area is 201 Å². The van der Waals surface area contributed by atoms with Crippen molar-refractivity contribution in [3.8, 4) is 17.1 Å². The molecule has 34 heavy (non-hydrogen) atoms. The molecular weight excluding hydrogens is 457 g/mol. The lowest BCUT2D eigenvalue weighted by molar-refractivity contribution is 0.0664. The Balaban J connectivity index is 1.46. The average Bonchev–Trinajstić information content (AvgIpc) is 3.55. The fraction of sp³-hybridized carbons (Fsp3) is 0.280. The minimum Gasteiger partial charge on any atom is -0.419 e. The molecule has 0 spiro atoms. The van der Waals surface area contributed by atoms with Crippen molar-refractivity contribution in [3.63, 3.8) is 0 Å². The summed E-state index contributed by atoms with van der Waals surface area (Å²) in [4.78, 5) is 15.3. The van der Waals surface area contributed by atoms with Crippen molar-refractivity contribution in [2.24, 2.45) is 0 Å². The Bertz CT molecular complexity index is 1360. The van der Waals surface area contributed by atoms with Crippen LogP contribution in [0.1, 0.15) is 47.9 Å². The normalized spacial score (nSPS) is 12.9. The van der Waals surface area contributed by atoms with E-state index in [1.807, 2.05) is 26.0 Å². The second-order valence-corrected chi connectivity index (χ2v) is 8.91. The van der Waals surface area contributed by atoms with Crippen LogP contribution >= 0.6 is 11.6 Å². The summed E-state index contributed by atoms with van der Waals surface area (Å²) < 4.78 is 21.9.